The van der Waals surface area contributed by atoms with Crippen molar-refractivity contribution in [2.45, 2.75) is 13.8 Å². The van der Waals surface area contributed by atoms with Crippen molar-refractivity contribution in [3.63, 3.8) is 0 Å². The molecule has 0 fully saturated rings. The van der Waals surface area contributed by atoms with E-state index in [2.05, 4.69) is 10.6 Å². The normalized spacial score (nSPS) is 9.68. The van der Waals surface area contributed by atoms with E-state index in [4.69, 9.17) is 5.26 Å². The van der Waals surface area contributed by atoms with Gasteiger partial charge in [-0.25, -0.2) is 0 Å². The molecule has 2 amide bonds. The van der Waals surface area contributed by atoms with Gasteiger partial charge < -0.3 is 10.6 Å². The third-order valence-electron chi connectivity index (χ3n) is 3.12. The van der Waals surface area contributed by atoms with Crippen LogP contribution in [0.5, 0.6) is 0 Å². The first kappa shape index (κ1) is 15.3. The molecule has 0 radical (unpaired) electrons. The fourth-order valence-electron chi connectivity index (χ4n) is 1.87. The number of carbonyl (C=O) groups excluding carboxylic acids is 2. The van der Waals surface area contributed by atoms with E-state index in [-0.39, 0.29) is 0 Å². The average Bonchev–Trinajstić information content (AvgIpc) is 2.51. The van der Waals surface area contributed by atoms with Gasteiger partial charge in [0.25, 0.3) is 0 Å². The summed E-state index contributed by atoms with van der Waals surface area (Å²) in [5.41, 5.74) is 3.43. The van der Waals surface area contributed by atoms with Gasteiger partial charge in [-0.1, -0.05) is 12.1 Å². The zero-order valence-electron chi connectivity index (χ0n) is 12.3. The fourth-order valence-corrected chi connectivity index (χ4v) is 1.87. The number of anilines is 2. The van der Waals surface area contributed by atoms with Gasteiger partial charge >= 0.3 is 11.8 Å². The summed E-state index contributed by atoms with van der Waals surface area (Å²) in [7, 11) is 0. The maximum Gasteiger partial charge on any atom is 0.314 e. The van der Waals surface area contributed by atoms with Crippen LogP contribution in [0.15, 0.2) is 42.5 Å². The summed E-state index contributed by atoms with van der Waals surface area (Å²) >= 11 is 0. The summed E-state index contributed by atoms with van der Waals surface area (Å²) in [5.74, 6) is -1.50. The number of aryl methyl sites for hydroxylation is 2. The Morgan fingerprint density at radius 3 is 2.23 bits per heavy atom. The van der Waals surface area contributed by atoms with Gasteiger partial charge in [-0.05, 0) is 55.3 Å². The molecule has 2 N–H and O–H groups in total. The Balaban J connectivity index is 2.04. The smallest absolute Gasteiger partial charge is 0.314 e. The molecule has 5 heteroatoms. The predicted octanol–water partition coefficient (Wildman–Crippen LogP) is 2.75. The lowest BCUT2D eigenvalue weighted by Gasteiger charge is -2.09. The van der Waals surface area contributed by atoms with E-state index in [0.717, 1.165) is 11.1 Å². The summed E-state index contributed by atoms with van der Waals surface area (Å²) < 4.78 is 0. The zero-order valence-corrected chi connectivity index (χ0v) is 12.3. The van der Waals surface area contributed by atoms with Crippen LogP contribution in [0, 0.1) is 25.2 Å². The van der Waals surface area contributed by atoms with Crippen molar-refractivity contribution in [3.8, 4) is 6.07 Å². The zero-order chi connectivity index (χ0) is 16.1. The molecule has 0 bridgehead atoms. The lowest BCUT2D eigenvalue weighted by Crippen LogP contribution is -2.29. The number of amides is 2. The fraction of sp³-hybridized carbons (Fsp3) is 0.118. The number of benzene rings is 2. The van der Waals surface area contributed by atoms with Gasteiger partial charge in [0.15, 0.2) is 0 Å². The lowest BCUT2D eigenvalue weighted by molar-refractivity contribution is -0.133. The summed E-state index contributed by atoms with van der Waals surface area (Å²) in [6.07, 6.45) is 0. The largest absolute Gasteiger partial charge is 0.318 e. The molecule has 2 aromatic carbocycles. The molecule has 0 saturated carbocycles. The highest BCUT2D eigenvalue weighted by atomic mass is 16.2. The van der Waals surface area contributed by atoms with Crippen molar-refractivity contribution in [1.82, 2.24) is 0 Å². The second kappa shape index (κ2) is 6.55. The van der Waals surface area contributed by atoms with Crippen LogP contribution in [0.2, 0.25) is 0 Å². The van der Waals surface area contributed by atoms with E-state index in [0.29, 0.717) is 16.9 Å². The van der Waals surface area contributed by atoms with Crippen molar-refractivity contribution in [2.75, 3.05) is 10.6 Å². The molecule has 0 unspecified atom stereocenters. The minimum absolute atomic E-state index is 0.458. The molecular formula is C17H15N3O2. The highest BCUT2D eigenvalue weighted by Crippen LogP contribution is 2.16. The lowest BCUT2D eigenvalue weighted by atomic mass is 10.1. The van der Waals surface area contributed by atoms with Crippen LogP contribution in [0.4, 0.5) is 11.4 Å². The van der Waals surface area contributed by atoms with Crippen molar-refractivity contribution >= 4 is 23.2 Å². The van der Waals surface area contributed by atoms with Crippen LogP contribution >= 0.6 is 0 Å². The first-order chi connectivity index (χ1) is 10.5. The number of rotatable bonds is 2. The molecule has 110 valence electrons. The standard InChI is InChI=1S/C17H15N3O2/c1-11-3-4-12(2)15(9-11)20-17(22)16(21)19-14-7-5-13(10-18)6-8-14/h3-9H,1-2H3,(H,19,21)(H,20,22). The SMILES string of the molecule is Cc1ccc(C)c(NC(=O)C(=O)Nc2ccc(C#N)cc2)c1. The maximum atomic E-state index is 11.9. The third kappa shape index (κ3) is 3.70. The minimum atomic E-state index is -0.759. The molecule has 0 aliphatic carbocycles. The van der Waals surface area contributed by atoms with Crippen LogP contribution in [-0.2, 0) is 9.59 Å². The monoisotopic (exact) mass is 293 g/mol. The van der Waals surface area contributed by atoms with Gasteiger partial charge in [-0.15, -0.1) is 0 Å². The quantitative estimate of drug-likeness (QED) is 0.835. The molecule has 0 aromatic heterocycles. The maximum absolute atomic E-state index is 11.9. The van der Waals surface area contributed by atoms with Crippen LogP contribution in [0.3, 0.4) is 0 Å². The Morgan fingerprint density at radius 2 is 1.59 bits per heavy atom. The van der Waals surface area contributed by atoms with E-state index < -0.39 is 11.8 Å². The summed E-state index contributed by atoms with van der Waals surface area (Å²) in [6, 6.07) is 13.9. The Morgan fingerprint density at radius 1 is 0.955 bits per heavy atom. The summed E-state index contributed by atoms with van der Waals surface area (Å²) in [6.45, 7) is 3.76. The first-order valence-electron chi connectivity index (χ1n) is 6.69. The molecule has 0 aliphatic heterocycles. The molecule has 5 nitrogen and oxygen atoms in total. The summed E-state index contributed by atoms with van der Waals surface area (Å²) in [4.78, 5) is 23.8. The van der Waals surface area contributed by atoms with Gasteiger partial charge in [0.1, 0.15) is 0 Å². The molecule has 2 aromatic rings. The Labute approximate surface area is 128 Å². The van der Waals surface area contributed by atoms with E-state index in [9.17, 15) is 9.59 Å². The van der Waals surface area contributed by atoms with Crippen LogP contribution < -0.4 is 10.6 Å². The number of nitrogens with one attached hydrogen (secondary N) is 2. The van der Waals surface area contributed by atoms with Crippen LogP contribution in [0.25, 0.3) is 0 Å². The molecule has 22 heavy (non-hydrogen) atoms. The van der Waals surface area contributed by atoms with Gasteiger partial charge in [0.2, 0.25) is 0 Å². The highest BCUT2D eigenvalue weighted by molar-refractivity contribution is 6.43. The number of carbonyl (C=O) groups is 2. The van der Waals surface area contributed by atoms with Crippen LogP contribution in [-0.4, -0.2) is 11.8 Å². The molecule has 2 rings (SSSR count). The molecule has 0 heterocycles. The van der Waals surface area contributed by atoms with Gasteiger partial charge in [0.05, 0.1) is 11.6 Å². The van der Waals surface area contributed by atoms with Crippen molar-refractivity contribution in [1.29, 1.82) is 5.26 Å². The number of hydrogen-bond donors (Lipinski definition) is 2. The van der Waals surface area contributed by atoms with Crippen LogP contribution in [0.1, 0.15) is 16.7 Å². The molecule has 0 atom stereocenters. The topological polar surface area (TPSA) is 82.0 Å². The van der Waals surface area contributed by atoms with Gasteiger partial charge in [-0.2, -0.15) is 5.26 Å². The van der Waals surface area contributed by atoms with Crippen molar-refractivity contribution in [3.05, 3.63) is 59.2 Å². The van der Waals surface area contributed by atoms with E-state index >= 15 is 0 Å². The predicted molar refractivity (Wildman–Crippen MR) is 84.3 cm³/mol. The minimum Gasteiger partial charge on any atom is -0.318 e. The second-order valence-corrected chi connectivity index (χ2v) is 4.92. The van der Waals surface area contributed by atoms with Crippen molar-refractivity contribution < 1.29 is 9.59 Å². The van der Waals surface area contributed by atoms with Gasteiger partial charge in [-0.3, -0.25) is 9.59 Å². The van der Waals surface area contributed by atoms with Gasteiger partial charge in [0, 0.05) is 11.4 Å². The highest BCUT2D eigenvalue weighted by Gasteiger charge is 2.15. The van der Waals surface area contributed by atoms with E-state index in [1.807, 2.05) is 38.1 Å². The third-order valence-corrected chi connectivity index (χ3v) is 3.12. The average molecular weight is 293 g/mol. The van der Waals surface area contributed by atoms with E-state index in [1.54, 1.807) is 24.3 Å². The molecule has 0 aliphatic rings. The number of nitrogens with zero attached hydrogens (tertiary/aromatic N) is 1. The Bertz CT molecular complexity index is 758. The Kier molecular flexibility index (Phi) is 4.54. The molecular weight excluding hydrogens is 278 g/mol. The molecule has 0 saturated heterocycles. The number of nitriles is 1. The summed E-state index contributed by atoms with van der Waals surface area (Å²) in [5, 5.41) is 13.8. The second-order valence-electron chi connectivity index (χ2n) is 4.92. The Hall–Kier alpha value is -3.13. The first-order valence-corrected chi connectivity index (χ1v) is 6.69. The molecule has 0 spiro atoms. The number of hydrogen-bond acceptors (Lipinski definition) is 3. The van der Waals surface area contributed by atoms with Crippen molar-refractivity contribution in [2.24, 2.45) is 0 Å². The van der Waals surface area contributed by atoms with E-state index in [1.165, 1.54) is 0 Å².